The summed E-state index contributed by atoms with van der Waals surface area (Å²) in [5.74, 6) is 0.0972. The van der Waals surface area contributed by atoms with Crippen molar-refractivity contribution in [3.05, 3.63) is 29.3 Å². The summed E-state index contributed by atoms with van der Waals surface area (Å²) in [6.07, 6.45) is 1.87. The third-order valence-electron chi connectivity index (χ3n) is 2.66. The Morgan fingerprint density at radius 1 is 1.20 bits per heavy atom. The van der Waals surface area contributed by atoms with Crippen LogP contribution in [0.25, 0.3) is 0 Å². The second-order valence-corrected chi connectivity index (χ2v) is 3.63. The van der Waals surface area contributed by atoms with E-state index in [4.69, 9.17) is 4.74 Å². The van der Waals surface area contributed by atoms with Crippen molar-refractivity contribution in [2.45, 2.75) is 19.3 Å². The highest BCUT2D eigenvalue weighted by atomic mass is 16.5. The molecule has 0 heterocycles. The predicted molar refractivity (Wildman–Crippen MR) is 55.3 cm³/mol. The Kier molecular flexibility index (Phi) is 2.54. The second-order valence-electron chi connectivity index (χ2n) is 3.63. The van der Waals surface area contributed by atoms with Crippen molar-refractivity contribution in [2.24, 2.45) is 0 Å². The first-order valence-electron chi connectivity index (χ1n) is 4.97. The highest BCUT2D eigenvalue weighted by molar-refractivity contribution is 6.44. The van der Waals surface area contributed by atoms with Gasteiger partial charge in [-0.3, -0.25) is 9.59 Å². The molecule has 0 radical (unpaired) electrons. The highest BCUT2D eigenvalue weighted by Crippen LogP contribution is 2.23. The van der Waals surface area contributed by atoms with E-state index < -0.39 is 0 Å². The predicted octanol–water partition coefficient (Wildman–Crippen LogP) is 1.78. The topological polar surface area (TPSA) is 43.4 Å². The van der Waals surface area contributed by atoms with Crippen LogP contribution in [0.1, 0.15) is 28.8 Å². The monoisotopic (exact) mass is 204 g/mol. The van der Waals surface area contributed by atoms with Gasteiger partial charge in [0.15, 0.2) is 0 Å². The van der Waals surface area contributed by atoms with Gasteiger partial charge < -0.3 is 4.74 Å². The lowest BCUT2D eigenvalue weighted by Gasteiger charge is -2.06. The molecule has 0 aromatic heterocycles. The van der Waals surface area contributed by atoms with E-state index in [0.717, 1.165) is 24.2 Å². The molecular formula is C12H12O3. The molecule has 0 aliphatic heterocycles. The van der Waals surface area contributed by atoms with Crippen molar-refractivity contribution in [3.63, 3.8) is 0 Å². The minimum atomic E-state index is -0.356. The number of fused-ring (bicyclic) bond motifs is 1. The summed E-state index contributed by atoms with van der Waals surface area (Å²) in [5, 5.41) is 0. The fraction of sp³-hybridized carbons (Fsp3) is 0.333. The molecule has 1 aliphatic carbocycles. The van der Waals surface area contributed by atoms with Crippen LogP contribution in [0.3, 0.4) is 0 Å². The molecule has 0 amide bonds. The van der Waals surface area contributed by atoms with Crippen LogP contribution in [0.4, 0.5) is 0 Å². The Morgan fingerprint density at radius 2 is 2.00 bits per heavy atom. The Labute approximate surface area is 88.1 Å². The average molecular weight is 204 g/mol. The van der Waals surface area contributed by atoms with Crippen LogP contribution in [-0.2, 0) is 11.2 Å². The molecule has 2 rings (SSSR count). The maximum absolute atomic E-state index is 11.6. The fourth-order valence-corrected chi connectivity index (χ4v) is 1.83. The van der Waals surface area contributed by atoms with E-state index in [1.807, 2.05) is 6.07 Å². The number of carbonyl (C=O) groups excluding carboxylic acids is 2. The average Bonchev–Trinajstić information content (AvgIpc) is 2.40. The Balaban J connectivity index is 2.48. The van der Waals surface area contributed by atoms with E-state index >= 15 is 0 Å². The van der Waals surface area contributed by atoms with Crippen molar-refractivity contribution in [1.82, 2.24) is 0 Å². The lowest BCUT2D eigenvalue weighted by molar-refractivity contribution is -0.115. The first-order valence-corrected chi connectivity index (χ1v) is 4.97. The van der Waals surface area contributed by atoms with Crippen LogP contribution in [0, 0.1) is 0 Å². The Bertz CT molecular complexity index is 421. The maximum Gasteiger partial charge on any atom is 0.228 e. The number of Topliss-reactive ketones (excluding diaryl/α,β-unsaturated/α-hetero) is 2. The van der Waals surface area contributed by atoms with E-state index in [-0.39, 0.29) is 11.6 Å². The summed E-state index contributed by atoms with van der Waals surface area (Å²) >= 11 is 0. The third kappa shape index (κ3) is 1.77. The van der Waals surface area contributed by atoms with E-state index in [9.17, 15) is 9.59 Å². The van der Waals surface area contributed by atoms with Crippen LogP contribution in [0.2, 0.25) is 0 Å². The quantitative estimate of drug-likeness (QED) is 0.517. The summed E-state index contributed by atoms with van der Waals surface area (Å²) in [7, 11) is 1.59. The normalized spacial score (nSPS) is 15.8. The molecule has 1 aromatic carbocycles. The summed E-state index contributed by atoms with van der Waals surface area (Å²) in [6.45, 7) is 0. The minimum absolute atomic E-state index is 0.279. The fourth-order valence-electron chi connectivity index (χ4n) is 1.83. The van der Waals surface area contributed by atoms with Gasteiger partial charge in [-0.15, -0.1) is 0 Å². The van der Waals surface area contributed by atoms with Crippen LogP contribution < -0.4 is 4.74 Å². The molecule has 0 spiro atoms. The zero-order valence-corrected chi connectivity index (χ0v) is 8.58. The summed E-state index contributed by atoms with van der Waals surface area (Å²) in [6, 6.07) is 5.24. The number of benzene rings is 1. The van der Waals surface area contributed by atoms with Gasteiger partial charge in [-0.1, -0.05) is 0 Å². The zero-order valence-electron chi connectivity index (χ0n) is 8.58. The lowest BCUT2D eigenvalue weighted by atomic mass is 10.0. The number of aryl methyl sites for hydroxylation is 1. The zero-order chi connectivity index (χ0) is 10.8. The van der Waals surface area contributed by atoms with Gasteiger partial charge in [0, 0.05) is 12.0 Å². The SMILES string of the molecule is COc1ccc2c(c1)CCCC(=O)C2=O. The number of carbonyl (C=O) groups is 2. The summed E-state index contributed by atoms with van der Waals surface area (Å²) in [4.78, 5) is 23.0. The molecule has 1 aliphatic rings. The Morgan fingerprint density at radius 3 is 2.73 bits per heavy atom. The van der Waals surface area contributed by atoms with E-state index in [1.165, 1.54) is 0 Å². The molecule has 1 aromatic rings. The highest BCUT2D eigenvalue weighted by Gasteiger charge is 2.22. The van der Waals surface area contributed by atoms with Gasteiger partial charge in [-0.05, 0) is 36.6 Å². The molecular weight excluding hydrogens is 192 g/mol. The first-order chi connectivity index (χ1) is 7.22. The van der Waals surface area contributed by atoms with Gasteiger partial charge in [-0.2, -0.15) is 0 Å². The molecule has 0 atom stereocenters. The summed E-state index contributed by atoms with van der Waals surface area (Å²) < 4.78 is 5.09. The molecule has 3 heteroatoms. The first kappa shape index (κ1) is 9.90. The van der Waals surface area contributed by atoms with Gasteiger partial charge in [0.25, 0.3) is 0 Å². The van der Waals surface area contributed by atoms with Gasteiger partial charge in [0.1, 0.15) is 5.75 Å². The summed E-state index contributed by atoms with van der Waals surface area (Å²) in [5.41, 5.74) is 1.46. The molecule has 0 bridgehead atoms. The second kappa shape index (κ2) is 3.85. The smallest absolute Gasteiger partial charge is 0.228 e. The number of hydrogen-bond acceptors (Lipinski definition) is 3. The van der Waals surface area contributed by atoms with Crippen molar-refractivity contribution < 1.29 is 14.3 Å². The largest absolute Gasteiger partial charge is 0.497 e. The molecule has 78 valence electrons. The van der Waals surface area contributed by atoms with Crippen LogP contribution in [0.15, 0.2) is 18.2 Å². The van der Waals surface area contributed by atoms with Crippen molar-refractivity contribution >= 4 is 11.6 Å². The van der Waals surface area contributed by atoms with Crippen LogP contribution in [0.5, 0.6) is 5.75 Å². The van der Waals surface area contributed by atoms with Gasteiger partial charge in [-0.25, -0.2) is 0 Å². The van der Waals surface area contributed by atoms with Gasteiger partial charge in [0.2, 0.25) is 11.6 Å². The van der Waals surface area contributed by atoms with Crippen molar-refractivity contribution in [1.29, 1.82) is 0 Å². The Hall–Kier alpha value is -1.64. The van der Waals surface area contributed by atoms with Gasteiger partial charge >= 0.3 is 0 Å². The van der Waals surface area contributed by atoms with Crippen molar-refractivity contribution in [2.75, 3.05) is 7.11 Å². The number of methoxy groups -OCH3 is 1. The van der Waals surface area contributed by atoms with Crippen LogP contribution in [-0.4, -0.2) is 18.7 Å². The van der Waals surface area contributed by atoms with Crippen molar-refractivity contribution in [3.8, 4) is 5.75 Å². The molecule has 15 heavy (non-hydrogen) atoms. The molecule has 0 fully saturated rings. The number of ether oxygens (including phenoxy) is 1. The number of hydrogen-bond donors (Lipinski definition) is 0. The number of ketones is 2. The maximum atomic E-state index is 11.6. The number of rotatable bonds is 1. The molecule has 0 N–H and O–H groups in total. The minimum Gasteiger partial charge on any atom is -0.497 e. The van der Waals surface area contributed by atoms with Crippen LogP contribution >= 0.6 is 0 Å². The third-order valence-corrected chi connectivity index (χ3v) is 2.66. The molecule has 0 unspecified atom stereocenters. The molecule has 0 saturated heterocycles. The van der Waals surface area contributed by atoms with E-state index in [1.54, 1.807) is 19.2 Å². The standard InChI is InChI=1S/C12H12O3/c1-15-9-5-6-10-8(7-9)3-2-4-11(13)12(10)14/h5-7H,2-4H2,1H3. The van der Waals surface area contributed by atoms with E-state index in [2.05, 4.69) is 0 Å². The van der Waals surface area contributed by atoms with Gasteiger partial charge in [0.05, 0.1) is 7.11 Å². The molecule has 3 nitrogen and oxygen atoms in total. The molecule has 0 saturated carbocycles. The lowest BCUT2D eigenvalue weighted by Crippen LogP contribution is -2.12. The van der Waals surface area contributed by atoms with E-state index in [0.29, 0.717) is 12.0 Å².